The Balaban J connectivity index is 0.000000210. The summed E-state index contributed by atoms with van der Waals surface area (Å²) in [7, 11) is 0. The Morgan fingerprint density at radius 2 is 0.341 bits per heavy atom. The van der Waals surface area contributed by atoms with Crippen molar-refractivity contribution in [3.63, 3.8) is 0 Å². The average molecular weight is 604 g/mol. The zero-order chi connectivity index (χ0) is 26.8. The van der Waals surface area contributed by atoms with Crippen molar-refractivity contribution in [3.8, 4) is 0 Å². The van der Waals surface area contributed by atoms with Gasteiger partial charge in [0.05, 0.1) is 0 Å². The molecule has 6 fully saturated rings. The van der Waals surface area contributed by atoms with Crippen LogP contribution in [0.1, 0.15) is 193 Å². The molecule has 6 saturated carbocycles. The zero-order valence-electron chi connectivity index (χ0n) is 27.5. The van der Waals surface area contributed by atoms with Crippen molar-refractivity contribution in [2.45, 2.75) is 229 Å². The van der Waals surface area contributed by atoms with E-state index in [0.29, 0.717) is 0 Å². The molecule has 6 aliphatic carbocycles. The molecule has 41 heavy (non-hydrogen) atoms. The van der Waals surface area contributed by atoms with Crippen LogP contribution in [0.5, 0.6) is 0 Å². The monoisotopic (exact) mass is 603 g/mol. The van der Waals surface area contributed by atoms with Crippen LogP contribution in [0.2, 0.25) is 0 Å². The van der Waals surface area contributed by atoms with E-state index >= 15 is 0 Å². The first-order chi connectivity index (χ1) is 19.3. The van der Waals surface area contributed by atoms with Crippen LogP contribution >= 0.6 is 0 Å². The van der Waals surface area contributed by atoms with Gasteiger partial charge in [0.2, 0.25) is 0 Å². The molecule has 0 saturated heterocycles. The second-order valence-corrected chi connectivity index (χ2v) is 14.2. The van der Waals surface area contributed by atoms with E-state index in [2.05, 4.69) is 0 Å². The molecule has 0 spiro atoms. The Kier molecular flexibility index (Phi) is 22.0. The van der Waals surface area contributed by atoms with E-state index in [1.54, 1.807) is 0 Å². The van der Waals surface area contributed by atoms with Crippen molar-refractivity contribution in [2.75, 3.05) is 0 Å². The largest absolute Gasteiger partial charge is 4.00 e. The van der Waals surface area contributed by atoms with Crippen LogP contribution in [0.15, 0.2) is 0 Å². The molecule has 6 rings (SSSR count). The molecule has 0 aromatic rings. The smallest absolute Gasteiger partial charge is 0.657 e. The van der Waals surface area contributed by atoms with Gasteiger partial charge in [0, 0.05) is 0 Å². The van der Waals surface area contributed by atoms with Gasteiger partial charge < -0.3 is 23.4 Å². The third-order valence-electron chi connectivity index (χ3n) is 10.7. The van der Waals surface area contributed by atoms with Crippen molar-refractivity contribution in [1.82, 2.24) is 0 Å². The van der Waals surface area contributed by atoms with Gasteiger partial charge in [-0.2, -0.15) is 0 Å². The topological polar surface area (TPSA) is 42.3 Å². The molecule has 236 valence electrons. The number of rotatable bonds is 6. The van der Waals surface area contributed by atoms with Crippen LogP contribution in [-0.2, 0) is 21.7 Å². The first-order valence-electron chi connectivity index (χ1n) is 18.4. The maximum atomic E-state index is 5.00. The van der Waals surface area contributed by atoms with Gasteiger partial charge in [0.25, 0.3) is 0 Å². The number of nitrogens with zero attached hydrogens (tertiary/aromatic N) is 3. The van der Waals surface area contributed by atoms with Gasteiger partial charge in [-0.1, -0.05) is 193 Å². The second kappa shape index (κ2) is 23.9. The van der Waals surface area contributed by atoms with Crippen LogP contribution < -0.4 is 0 Å². The van der Waals surface area contributed by atoms with E-state index in [1.807, 2.05) is 0 Å². The summed E-state index contributed by atoms with van der Waals surface area (Å²) in [4.78, 5) is 0. The number of hydrogen-bond acceptors (Lipinski definition) is 0. The Bertz CT molecular complexity index is 436. The summed E-state index contributed by atoms with van der Waals surface area (Å²) in [5.74, 6) is 0. The van der Waals surface area contributed by atoms with Gasteiger partial charge in [0.15, 0.2) is 0 Å². The summed E-state index contributed by atoms with van der Waals surface area (Å²) in [6.45, 7) is 0. The van der Waals surface area contributed by atoms with E-state index in [1.165, 1.54) is 193 Å². The van der Waals surface area contributed by atoms with E-state index in [4.69, 9.17) is 16.0 Å². The van der Waals surface area contributed by atoms with Gasteiger partial charge in [-0.05, 0) is 0 Å². The quantitative estimate of drug-likeness (QED) is 0.214. The van der Waals surface area contributed by atoms with Gasteiger partial charge in [0.1, 0.15) is 0 Å². The SMILES string of the molecule is C1CCC([N-]C2CCCCC2)CC1.C1CCC([N-]C2CCCCC2)CC1.C1CCC([N-]C2CCCCC2)CC1.[CH3-].[Ti+4]. The average Bonchev–Trinajstić information content (AvgIpc) is 3.01. The summed E-state index contributed by atoms with van der Waals surface area (Å²) in [6.07, 6.45) is 42.5. The van der Waals surface area contributed by atoms with Crippen molar-refractivity contribution in [1.29, 1.82) is 0 Å². The molecule has 0 radical (unpaired) electrons. The normalized spacial score (nSPS) is 26.3. The van der Waals surface area contributed by atoms with Crippen LogP contribution in [0.25, 0.3) is 16.0 Å². The Morgan fingerprint density at radius 3 is 0.463 bits per heavy atom. The maximum absolute atomic E-state index is 5.00. The predicted octanol–water partition coefficient (Wildman–Crippen LogP) is 12.5. The standard InChI is InChI=1S/3C12H22N.CH3.Ti/c3*1-3-7-11(8-4-1)13-12-9-5-2-6-10-12;;/h3*11-12H,1-10H2;1H3;/q4*-1;+4. The van der Waals surface area contributed by atoms with E-state index in [9.17, 15) is 0 Å². The minimum Gasteiger partial charge on any atom is -0.657 e. The molecule has 0 aromatic heterocycles. The summed E-state index contributed by atoms with van der Waals surface area (Å²) >= 11 is 0. The maximum Gasteiger partial charge on any atom is 4.00 e. The molecule has 0 aliphatic heterocycles. The fourth-order valence-electron chi connectivity index (χ4n) is 8.28. The molecule has 0 N–H and O–H groups in total. The Labute approximate surface area is 273 Å². The Hall–Kier alpha value is 0.594. The fraction of sp³-hybridized carbons (Fsp3) is 0.973. The molecular formula is C37H69N3Ti. The minimum atomic E-state index is 0. The minimum absolute atomic E-state index is 0. The third-order valence-corrected chi connectivity index (χ3v) is 10.7. The molecule has 3 nitrogen and oxygen atoms in total. The summed E-state index contributed by atoms with van der Waals surface area (Å²) < 4.78 is 0. The van der Waals surface area contributed by atoms with Crippen LogP contribution in [-0.4, -0.2) is 36.3 Å². The summed E-state index contributed by atoms with van der Waals surface area (Å²) in [5, 5.41) is 15.0. The zero-order valence-corrected chi connectivity index (χ0v) is 29.1. The molecular weight excluding hydrogens is 534 g/mol. The van der Waals surface area contributed by atoms with Crippen molar-refractivity contribution < 1.29 is 21.7 Å². The van der Waals surface area contributed by atoms with Crippen molar-refractivity contribution in [2.24, 2.45) is 0 Å². The van der Waals surface area contributed by atoms with E-state index < -0.39 is 0 Å². The first kappa shape index (κ1) is 37.8. The van der Waals surface area contributed by atoms with Crippen LogP contribution in [0.3, 0.4) is 0 Å². The van der Waals surface area contributed by atoms with Gasteiger partial charge in [-0.15, -0.1) is 36.3 Å². The van der Waals surface area contributed by atoms with Gasteiger partial charge >= 0.3 is 21.7 Å². The summed E-state index contributed by atoms with van der Waals surface area (Å²) in [6, 6.07) is 4.48. The fourth-order valence-corrected chi connectivity index (χ4v) is 8.28. The summed E-state index contributed by atoms with van der Waals surface area (Å²) in [5.41, 5.74) is 0. The van der Waals surface area contributed by atoms with Crippen LogP contribution in [0, 0.1) is 7.43 Å². The molecule has 6 aliphatic rings. The molecule has 0 amide bonds. The van der Waals surface area contributed by atoms with Crippen LogP contribution in [0.4, 0.5) is 0 Å². The molecule has 0 bridgehead atoms. The van der Waals surface area contributed by atoms with Crippen molar-refractivity contribution >= 4 is 0 Å². The van der Waals surface area contributed by atoms with Gasteiger partial charge in [-0.25, -0.2) is 0 Å². The number of hydrogen-bond donors (Lipinski definition) is 0. The first-order valence-corrected chi connectivity index (χ1v) is 18.4. The van der Waals surface area contributed by atoms with Gasteiger partial charge in [-0.3, -0.25) is 0 Å². The molecule has 0 heterocycles. The van der Waals surface area contributed by atoms with Crippen molar-refractivity contribution in [3.05, 3.63) is 23.4 Å². The molecule has 4 heteroatoms. The van der Waals surface area contributed by atoms with E-state index in [0.717, 1.165) is 36.3 Å². The molecule has 0 atom stereocenters. The predicted molar refractivity (Wildman–Crippen MR) is 178 cm³/mol. The van der Waals surface area contributed by atoms with E-state index in [-0.39, 0.29) is 29.1 Å². The third kappa shape index (κ3) is 16.5. The second-order valence-electron chi connectivity index (χ2n) is 14.2. The Morgan fingerprint density at radius 1 is 0.220 bits per heavy atom. The molecule has 0 aromatic carbocycles. The molecule has 0 unspecified atom stereocenters.